The monoisotopic (exact) mass is 247 g/mol. The van der Waals surface area contributed by atoms with E-state index in [0.29, 0.717) is 11.0 Å². The summed E-state index contributed by atoms with van der Waals surface area (Å²) in [5.74, 6) is -1.29. The molecule has 2 aromatic rings. The van der Waals surface area contributed by atoms with E-state index in [4.69, 9.17) is 0 Å². The van der Waals surface area contributed by atoms with Gasteiger partial charge in [-0.25, -0.2) is 14.6 Å². The lowest BCUT2D eigenvalue weighted by molar-refractivity contribution is 0.0555. The van der Waals surface area contributed by atoms with Crippen molar-refractivity contribution in [2.75, 3.05) is 14.2 Å². The Hall–Kier alpha value is -2.57. The summed E-state index contributed by atoms with van der Waals surface area (Å²) in [6, 6.07) is 2.82. The summed E-state index contributed by atoms with van der Waals surface area (Å²) in [5, 5.41) is 7.42. The molecule has 1 aromatic carbocycles. The minimum absolute atomic E-state index is 0.0687. The molecule has 0 bridgehead atoms. The number of carbonyl (C=O) groups excluding carboxylic acids is 2. The number of ether oxygens (including phenoxy) is 2. The summed E-state index contributed by atoms with van der Waals surface area (Å²) in [4.78, 5) is 27.2. The largest absolute Gasteiger partial charge is 0.465 e. The topological polar surface area (TPSA) is 91.3 Å². The maximum Gasteiger partial charge on any atom is 0.338 e. The molecule has 0 spiro atoms. The van der Waals surface area contributed by atoms with Crippen LogP contribution in [0.25, 0.3) is 11.0 Å². The van der Waals surface area contributed by atoms with Gasteiger partial charge in [0, 0.05) is 0 Å². The molecule has 2 rings (SSSR count). The van der Waals surface area contributed by atoms with Crippen molar-refractivity contribution in [2.45, 2.75) is 0 Å². The first-order valence-electron chi connectivity index (χ1n) is 4.95. The van der Waals surface area contributed by atoms with Crippen molar-refractivity contribution in [1.82, 2.24) is 15.2 Å². The van der Waals surface area contributed by atoms with E-state index in [-0.39, 0.29) is 11.1 Å². The Bertz CT molecular complexity index is 572. The molecule has 0 fully saturated rings. The zero-order valence-corrected chi connectivity index (χ0v) is 9.71. The number of aromatic nitrogens is 3. The molecule has 0 aliphatic rings. The molecule has 1 heterocycles. The molecule has 0 radical (unpaired) electrons. The predicted octanol–water partition coefficient (Wildman–Crippen LogP) is 0.598. The van der Waals surface area contributed by atoms with E-state index < -0.39 is 11.9 Å². The number of benzene rings is 1. The normalized spacial score (nSPS) is 10.1. The molecule has 7 nitrogen and oxygen atoms in total. The third kappa shape index (κ3) is 1.97. The fourth-order valence-electron chi connectivity index (χ4n) is 1.49. The van der Waals surface area contributed by atoms with Crippen molar-refractivity contribution in [1.29, 1.82) is 0 Å². The molecular weight excluding hydrogens is 238 g/mol. The Kier molecular flexibility index (Phi) is 3.13. The quantitative estimate of drug-likeness (QED) is 0.717. The summed E-state index contributed by atoms with van der Waals surface area (Å²) in [6.07, 6.45) is 1.25. The average Bonchev–Trinajstić information content (AvgIpc) is 2.44. The van der Waals surface area contributed by atoms with Gasteiger partial charge in [-0.05, 0) is 12.1 Å². The molecule has 0 atom stereocenters. The standard InChI is InChI=1S/C11H9N3O4/c1-17-10(15)6-3-8-9(14-13-5-12-8)4-7(6)11(16)18-2/h3-5H,1-2H3. The highest BCUT2D eigenvalue weighted by Gasteiger charge is 2.20. The van der Waals surface area contributed by atoms with Gasteiger partial charge in [-0.2, -0.15) is 0 Å². The lowest BCUT2D eigenvalue weighted by Crippen LogP contribution is -2.12. The Morgan fingerprint density at radius 1 is 1.00 bits per heavy atom. The van der Waals surface area contributed by atoms with E-state index >= 15 is 0 Å². The number of methoxy groups -OCH3 is 2. The van der Waals surface area contributed by atoms with E-state index in [1.165, 1.54) is 32.7 Å². The zero-order valence-electron chi connectivity index (χ0n) is 9.71. The van der Waals surface area contributed by atoms with Gasteiger partial charge in [0.1, 0.15) is 11.8 Å². The minimum atomic E-state index is -0.650. The number of nitrogens with zero attached hydrogens (tertiary/aromatic N) is 3. The van der Waals surface area contributed by atoms with Gasteiger partial charge in [-0.1, -0.05) is 0 Å². The second-order valence-electron chi connectivity index (χ2n) is 3.33. The number of esters is 2. The van der Waals surface area contributed by atoms with E-state index in [1.54, 1.807) is 0 Å². The van der Waals surface area contributed by atoms with Gasteiger partial charge in [0.25, 0.3) is 0 Å². The van der Waals surface area contributed by atoms with Gasteiger partial charge in [-0.15, -0.1) is 10.2 Å². The number of rotatable bonds is 2. The van der Waals surface area contributed by atoms with Gasteiger partial charge >= 0.3 is 11.9 Å². The van der Waals surface area contributed by atoms with Crippen LogP contribution >= 0.6 is 0 Å². The summed E-state index contributed by atoms with van der Waals surface area (Å²) in [7, 11) is 2.45. The smallest absolute Gasteiger partial charge is 0.338 e. The fourth-order valence-corrected chi connectivity index (χ4v) is 1.49. The number of fused-ring (bicyclic) bond motifs is 1. The molecule has 0 saturated carbocycles. The second-order valence-corrected chi connectivity index (χ2v) is 3.33. The molecule has 92 valence electrons. The molecule has 0 aliphatic heterocycles. The van der Waals surface area contributed by atoms with E-state index in [1.807, 2.05) is 0 Å². The molecule has 7 heteroatoms. The van der Waals surface area contributed by atoms with Crippen LogP contribution in [0.1, 0.15) is 20.7 Å². The van der Waals surface area contributed by atoms with Crippen molar-refractivity contribution in [3.8, 4) is 0 Å². The number of carbonyl (C=O) groups is 2. The van der Waals surface area contributed by atoms with Gasteiger partial charge in [0.2, 0.25) is 0 Å². The van der Waals surface area contributed by atoms with Crippen molar-refractivity contribution >= 4 is 23.0 Å². The van der Waals surface area contributed by atoms with Crippen LogP contribution < -0.4 is 0 Å². The highest BCUT2D eigenvalue weighted by atomic mass is 16.5. The summed E-state index contributed by atoms with van der Waals surface area (Å²) in [5.41, 5.74) is 0.986. The summed E-state index contributed by atoms with van der Waals surface area (Å²) >= 11 is 0. The first-order chi connectivity index (χ1) is 8.67. The molecule has 0 unspecified atom stereocenters. The summed E-state index contributed by atoms with van der Waals surface area (Å²) < 4.78 is 9.22. The molecule has 0 aliphatic carbocycles. The van der Waals surface area contributed by atoms with Gasteiger partial charge in [0.15, 0.2) is 0 Å². The molecule has 0 amide bonds. The van der Waals surface area contributed by atoms with Crippen LogP contribution in [0.15, 0.2) is 18.5 Å². The van der Waals surface area contributed by atoms with E-state index in [2.05, 4.69) is 24.7 Å². The van der Waals surface area contributed by atoms with Crippen molar-refractivity contribution < 1.29 is 19.1 Å². The van der Waals surface area contributed by atoms with Crippen LogP contribution in [0, 0.1) is 0 Å². The third-order valence-corrected chi connectivity index (χ3v) is 2.34. The molecular formula is C11H9N3O4. The van der Waals surface area contributed by atoms with Crippen molar-refractivity contribution in [2.24, 2.45) is 0 Å². The first kappa shape index (κ1) is 11.9. The third-order valence-electron chi connectivity index (χ3n) is 2.34. The van der Waals surface area contributed by atoms with Crippen LogP contribution in [-0.4, -0.2) is 41.3 Å². The minimum Gasteiger partial charge on any atom is -0.465 e. The SMILES string of the molecule is COC(=O)c1cc2ncnnc2cc1C(=O)OC. The van der Waals surface area contributed by atoms with Crippen LogP contribution in [0.2, 0.25) is 0 Å². The number of hydrogen-bond acceptors (Lipinski definition) is 7. The first-order valence-corrected chi connectivity index (χ1v) is 4.95. The van der Waals surface area contributed by atoms with Crippen LogP contribution in [-0.2, 0) is 9.47 Å². The highest BCUT2D eigenvalue weighted by Crippen LogP contribution is 2.18. The van der Waals surface area contributed by atoms with Crippen LogP contribution in [0.3, 0.4) is 0 Å². The fraction of sp³-hybridized carbons (Fsp3) is 0.182. The van der Waals surface area contributed by atoms with Gasteiger partial charge in [0.05, 0.1) is 30.9 Å². The second kappa shape index (κ2) is 4.74. The van der Waals surface area contributed by atoms with E-state index in [0.717, 1.165) is 0 Å². The average molecular weight is 247 g/mol. The molecule has 0 N–H and O–H groups in total. The zero-order chi connectivity index (χ0) is 13.1. The van der Waals surface area contributed by atoms with Crippen molar-refractivity contribution in [3.05, 3.63) is 29.6 Å². The maximum absolute atomic E-state index is 11.6. The van der Waals surface area contributed by atoms with Gasteiger partial charge < -0.3 is 9.47 Å². The maximum atomic E-state index is 11.6. The summed E-state index contributed by atoms with van der Waals surface area (Å²) in [6.45, 7) is 0. The molecule has 1 aromatic heterocycles. The highest BCUT2D eigenvalue weighted by molar-refractivity contribution is 6.06. The number of hydrogen-bond donors (Lipinski definition) is 0. The van der Waals surface area contributed by atoms with Gasteiger partial charge in [-0.3, -0.25) is 0 Å². The van der Waals surface area contributed by atoms with Crippen LogP contribution in [0.5, 0.6) is 0 Å². The Morgan fingerprint density at radius 2 is 1.56 bits per heavy atom. The van der Waals surface area contributed by atoms with Crippen molar-refractivity contribution in [3.63, 3.8) is 0 Å². The lowest BCUT2D eigenvalue weighted by Gasteiger charge is -2.06. The Labute approximate surface area is 102 Å². The molecule has 0 saturated heterocycles. The Balaban J connectivity index is 2.71. The molecule has 18 heavy (non-hydrogen) atoms. The van der Waals surface area contributed by atoms with E-state index in [9.17, 15) is 9.59 Å². The Morgan fingerprint density at radius 3 is 2.11 bits per heavy atom. The van der Waals surface area contributed by atoms with Crippen LogP contribution in [0.4, 0.5) is 0 Å². The lowest BCUT2D eigenvalue weighted by atomic mass is 10.1. The predicted molar refractivity (Wildman–Crippen MR) is 60.0 cm³/mol.